The summed E-state index contributed by atoms with van der Waals surface area (Å²) in [4.78, 5) is 0. The fraction of sp³-hybridized carbons (Fsp3) is 1.00. The van der Waals surface area contributed by atoms with Gasteiger partial charge in [0.15, 0.2) is 0 Å². The Labute approximate surface area is 101 Å². The van der Waals surface area contributed by atoms with Crippen LogP contribution >= 0.6 is 0 Å². The van der Waals surface area contributed by atoms with Crippen LogP contribution in [0.4, 0.5) is 0 Å². The van der Waals surface area contributed by atoms with Crippen LogP contribution in [-0.2, 0) is 4.74 Å². The van der Waals surface area contributed by atoms with Crippen molar-refractivity contribution < 1.29 is 4.74 Å². The molecule has 0 bridgehead atoms. The zero-order valence-corrected chi connectivity index (χ0v) is 11.3. The molecular weight excluding hydrogens is 198 g/mol. The van der Waals surface area contributed by atoms with Gasteiger partial charge in [0.1, 0.15) is 0 Å². The highest BCUT2D eigenvalue weighted by molar-refractivity contribution is 4.73. The Morgan fingerprint density at radius 3 is 2.69 bits per heavy atom. The van der Waals surface area contributed by atoms with E-state index in [1.807, 2.05) is 0 Å². The van der Waals surface area contributed by atoms with Gasteiger partial charge in [0.25, 0.3) is 0 Å². The van der Waals surface area contributed by atoms with Gasteiger partial charge in [-0.15, -0.1) is 0 Å². The predicted molar refractivity (Wildman–Crippen MR) is 69.8 cm³/mol. The van der Waals surface area contributed by atoms with E-state index in [9.17, 15) is 0 Å². The maximum Gasteiger partial charge on any atom is 0.0576 e. The Bertz CT molecular complexity index is 164. The average molecular weight is 227 g/mol. The molecule has 1 heterocycles. The zero-order valence-electron chi connectivity index (χ0n) is 11.3. The van der Waals surface area contributed by atoms with Crippen molar-refractivity contribution in [1.29, 1.82) is 0 Å². The van der Waals surface area contributed by atoms with Gasteiger partial charge in [-0.2, -0.15) is 0 Å². The van der Waals surface area contributed by atoms with E-state index >= 15 is 0 Å². The van der Waals surface area contributed by atoms with Crippen LogP contribution in [0.15, 0.2) is 0 Å². The van der Waals surface area contributed by atoms with E-state index in [-0.39, 0.29) is 0 Å². The molecule has 0 aromatic heterocycles. The van der Waals surface area contributed by atoms with Crippen LogP contribution in [0, 0.1) is 0 Å². The fourth-order valence-electron chi connectivity index (χ4n) is 2.49. The lowest BCUT2D eigenvalue weighted by Gasteiger charge is -2.22. The highest BCUT2D eigenvalue weighted by atomic mass is 16.5. The van der Waals surface area contributed by atoms with Crippen LogP contribution in [-0.4, -0.2) is 24.8 Å². The summed E-state index contributed by atoms with van der Waals surface area (Å²) in [5.74, 6) is 0. The lowest BCUT2D eigenvalue weighted by Crippen LogP contribution is -2.35. The van der Waals surface area contributed by atoms with Crippen molar-refractivity contribution in [3.63, 3.8) is 0 Å². The third-order valence-electron chi connectivity index (χ3n) is 3.34. The highest BCUT2D eigenvalue weighted by Gasteiger charge is 2.17. The largest absolute Gasteiger partial charge is 0.378 e. The third-order valence-corrected chi connectivity index (χ3v) is 3.34. The van der Waals surface area contributed by atoms with Crippen LogP contribution in [0.5, 0.6) is 0 Å². The van der Waals surface area contributed by atoms with Gasteiger partial charge < -0.3 is 10.1 Å². The predicted octanol–water partition coefficient (Wildman–Crippen LogP) is 3.50. The summed E-state index contributed by atoms with van der Waals surface area (Å²) in [6, 6.07) is 1.30. The molecule has 1 N–H and O–H groups in total. The van der Waals surface area contributed by atoms with Gasteiger partial charge >= 0.3 is 0 Å². The minimum absolute atomic E-state index is 0.554. The van der Waals surface area contributed by atoms with E-state index in [1.54, 1.807) is 0 Å². The summed E-state index contributed by atoms with van der Waals surface area (Å²) >= 11 is 0. The van der Waals surface area contributed by atoms with E-state index in [0.29, 0.717) is 18.2 Å². The molecule has 16 heavy (non-hydrogen) atoms. The van der Waals surface area contributed by atoms with Gasteiger partial charge in [-0.1, -0.05) is 33.6 Å². The lowest BCUT2D eigenvalue weighted by molar-refractivity contribution is 0.0988. The van der Waals surface area contributed by atoms with Crippen molar-refractivity contribution in [2.24, 2.45) is 0 Å². The summed E-state index contributed by atoms with van der Waals surface area (Å²) in [6.45, 7) is 7.74. The smallest absolute Gasteiger partial charge is 0.0576 e. The molecule has 0 radical (unpaired) electrons. The van der Waals surface area contributed by atoms with Gasteiger partial charge in [-0.25, -0.2) is 0 Å². The number of unbranched alkanes of at least 4 members (excludes halogenated alkanes) is 1. The van der Waals surface area contributed by atoms with Crippen molar-refractivity contribution in [2.45, 2.75) is 83.9 Å². The molecule has 1 aliphatic heterocycles. The van der Waals surface area contributed by atoms with Gasteiger partial charge in [-0.3, -0.25) is 0 Å². The lowest BCUT2D eigenvalue weighted by atomic mass is 10.0. The van der Waals surface area contributed by atoms with Gasteiger partial charge in [0.05, 0.1) is 6.10 Å². The summed E-state index contributed by atoms with van der Waals surface area (Å²) in [6.07, 6.45) is 9.59. The monoisotopic (exact) mass is 227 g/mol. The highest BCUT2D eigenvalue weighted by Crippen LogP contribution is 2.19. The first-order valence-corrected chi connectivity index (χ1v) is 7.10. The van der Waals surface area contributed by atoms with E-state index in [1.165, 1.54) is 44.9 Å². The first-order valence-electron chi connectivity index (χ1n) is 7.10. The summed E-state index contributed by atoms with van der Waals surface area (Å²) in [5.41, 5.74) is 0. The van der Waals surface area contributed by atoms with Crippen molar-refractivity contribution in [3.05, 3.63) is 0 Å². The second-order valence-electron chi connectivity index (χ2n) is 5.37. The van der Waals surface area contributed by atoms with Crippen molar-refractivity contribution in [3.8, 4) is 0 Å². The maximum atomic E-state index is 5.69. The van der Waals surface area contributed by atoms with Crippen LogP contribution in [0.3, 0.4) is 0 Å². The Kier molecular flexibility index (Phi) is 7.06. The number of ether oxygens (including phenoxy) is 1. The van der Waals surface area contributed by atoms with E-state index in [4.69, 9.17) is 4.74 Å². The standard InChI is InChI=1S/C14H29NO/c1-4-5-7-13(15-12(2)3)9-10-14-8-6-11-16-14/h12-15H,4-11H2,1-3H3. The van der Waals surface area contributed by atoms with E-state index in [0.717, 1.165) is 6.61 Å². The van der Waals surface area contributed by atoms with Crippen molar-refractivity contribution in [1.82, 2.24) is 5.32 Å². The number of hydrogen-bond donors (Lipinski definition) is 1. The second kappa shape index (κ2) is 8.08. The molecule has 0 aromatic rings. The van der Waals surface area contributed by atoms with Gasteiger partial charge in [-0.05, 0) is 32.1 Å². The Hall–Kier alpha value is -0.0800. The molecule has 0 aliphatic carbocycles. The molecule has 0 saturated carbocycles. The van der Waals surface area contributed by atoms with Gasteiger partial charge in [0, 0.05) is 18.7 Å². The van der Waals surface area contributed by atoms with Crippen molar-refractivity contribution >= 4 is 0 Å². The Morgan fingerprint density at radius 1 is 1.31 bits per heavy atom. The van der Waals surface area contributed by atoms with Crippen LogP contribution in [0.2, 0.25) is 0 Å². The fourth-order valence-corrected chi connectivity index (χ4v) is 2.49. The minimum atomic E-state index is 0.554. The van der Waals surface area contributed by atoms with Gasteiger partial charge in [0.2, 0.25) is 0 Å². The molecule has 1 aliphatic rings. The SMILES string of the molecule is CCCCC(CCC1CCCO1)NC(C)C. The summed E-state index contributed by atoms with van der Waals surface area (Å²) < 4.78 is 5.69. The molecule has 96 valence electrons. The topological polar surface area (TPSA) is 21.3 Å². The third kappa shape index (κ3) is 5.86. The quantitative estimate of drug-likeness (QED) is 0.685. The Morgan fingerprint density at radius 2 is 2.12 bits per heavy atom. The second-order valence-corrected chi connectivity index (χ2v) is 5.37. The molecule has 2 unspecified atom stereocenters. The molecule has 0 aromatic carbocycles. The van der Waals surface area contributed by atoms with Crippen molar-refractivity contribution in [2.75, 3.05) is 6.61 Å². The zero-order chi connectivity index (χ0) is 11.8. The number of nitrogens with one attached hydrogen (secondary N) is 1. The van der Waals surface area contributed by atoms with E-state index < -0.39 is 0 Å². The van der Waals surface area contributed by atoms with Crippen LogP contribution in [0.25, 0.3) is 0 Å². The molecule has 2 nitrogen and oxygen atoms in total. The first kappa shape index (κ1) is 14.0. The normalized spacial score (nSPS) is 22.9. The number of rotatable bonds is 8. The van der Waals surface area contributed by atoms with E-state index in [2.05, 4.69) is 26.1 Å². The maximum absolute atomic E-state index is 5.69. The molecular formula is C14H29NO. The molecule has 1 saturated heterocycles. The first-order chi connectivity index (χ1) is 7.72. The van der Waals surface area contributed by atoms with Crippen LogP contribution < -0.4 is 5.32 Å². The molecule has 0 spiro atoms. The summed E-state index contributed by atoms with van der Waals surface area (Å²) in [5, 5.41) is 3.68. The molecule has 1 fully saturated rings. The van der Waals surface area contributed by atoms with Crippen LogP contribution in [0.1, 0.15) is 65.7 Å². The average Bonchev–Trinajstić information content (AvgIpc) is 2.74. The molecule has 1 rings (SSSR count). The molecule has 0 amide bonds. The minimum Gasteiger partial charge on any atom is -0.378 e. The number of hydrogen-bond acceptors (Lipinski definition) is 2. The molecule has 2 heteroatoms. The summed E-state index contributed by atoms with van der Waals surface area (Å²) in [7, 11) is 0. The Balaban J connectivity index is 2.19. The molecule has 2 atom stereocenters.